The van der Waals surface area contributed by atoms with E-state index < -0.39 is 16.1 Å². The lowest BCUT2D eigenvalue weighted by molar-refractivity contribution is 0.259. The van der Waals surface area contributed by atoms with Gasteiger partial charge in [-0.2, -0.15) is 0 Å². The van der Waals surface area contributed by atoms with Crippen molar-refractivity contribution < 1.29 is 13.2 Å². The average Bonchev–Trinajstić information content (AvgIpc) is 2.38. The Balaban J connectivity index is 2.52. The molecular weight excluding hydrogens is 292 g/mol. The van der Waals surface area contributed by atoms with E-state index in [0.29, 0.717) is 12.2 Å². The zero-order chi connectivity index (χ0) is 16.0. The van der Waals surface area contributed by atoms with E-state index >= 15 is 0 Å². The number of anilines is 1. The summed E-state index contributed by atoms with van der Waals surface area (Å²) in [6.07, 6.45) is 0. The second-order valence-electron chi connectivity index (χ2n) is 4.89. The molecule has 0 aliphatic rings. The molecule has 0 bridgehead atoms. The number of nitrogens with one attached hydrogen (secondary N) is 2. The second kappa shape index (κ2) is 7.39. The SMILES string of the molecule is CC(NCCS(=O)(=O)N(C)C)c1ccc(NC(N)=O)cc1. The topological polar surface area (TPSA) is 105 Å². The van der Waals surface area contributed by atoms with Crippen LogP contribution in [0.2, 0.25) is 0 Å². The number of nitrogens with zero attached hydrogens (tertiary/aromatic N) is 1. The minimum absolute atomic E-state index is 0.00462. The minimum Gasteiger partial charge on any atom is -0.351 e. The standard InChI is InChI=1S/C13H22N4O3S/c1-10(15-8-9-21(19,20)17(2)3)11-4-6-12(7-5-11)16-13(14)18/h4-7,10,15H,8-9H2,1-3H3,(H3,14,16,18). The number of carbonyl (C=O) groups excluding carboxylic acids is 1. The van der Waals surface area contributed by atoms with Crippen molar-refractivity contribution in [3.05, 3.63) is 29.8 Å². The normalized spacial score (nSPS) is 13.1. The maximum absolute atomic E-state index is 11.6. The molecule has 0 aliphatic carbocycles. The average molecular weight is 314 g/mol. The predicted molar refractivity (Wildman–Crippen MR) is 83.5 cm³/mol. The molecule has 8 heteroatoms. The van der Waals surface area contributed by atoms with Gasteiger partial charge in [-0.3, -0.25) is 0 Å². The van der Waals surface area contributed by atoms with Crippen LogP contribution in [0, 0.1) is 0 Å². The Morgan fingerprint density at radius 3 is 2.33 bits per heavy atom. The molecule has 2 amide bonds. The van der Waals surface area contributed by atoms with E-state index in [1.54, 1.807) is 12.1 Å². The van der Waals surface area contributed by atoms with Gasteiger partial charge in [-0.1, -0.05) is 12.1 Å². The lowest BCUT2D eigenvalue weighted by Gasteiger charge is -2.16. The molecule has 0 saturated carbocycles. The van der Waals surface area contributed by atoms with Crippen molar-refractivity contribution in [3.63, 3.8) is 0 Å². The van der Waals surface area contributed by atoms with Gasteiger partial charge in [0.05, 0.1) is 5.75 Å². The van der Waals surface area contributed by atoms with Gasteiger partial charge in [-0.25, -0.2) is 17.5 Å². The highest BCUT2D eigenvalue weighted by atomic mass is 32.2. The molecule has 7 nitrogen and oxygen atoms in total. The van der Waals surface area contributed by atoms with Crippen LogP contribution in [0.15, 0.2) is 24.3 Å². The third-order valence-corrected chi connectivity index (χ3v) is 4.88. The first-order valence-electron chi connectivity index (χ1n) is 6.52. The van der Waals surface area contributed by atoms with E-state index in [1.165, 1.54) is 18.4 Å². The minimum atomic E-state index is -3.19. The van der Waals surface area contributed by atoms with Crippen LogP contribution >= 0.6 is 0 Å². The van der Waals surface area contributed by atoms with Gasteiger partial charge in [0.25, 0.3) is 0 Å². The molecule has 4 N–H and O–H groups in total. The molecule has 0 spiro atoms. The molecule has 1 unspecified atom stereocenters. The second-order valence-corrected chi connectivity index (χ2v) is 7.19. The highest BCUT2D eigenvalue weighted by Crippen LogP contribution is 2.15. The Bertz CT molecular complexity index is 570. The van der Waals surface area contributed by atoms with Crippen LogP contribution in [0.1, 0.15) is 18.5 Å². The monoisotopic (exact) mass is 314 g/mol. The highest BCUT2D eigenvalue weighted by molar-refractivity contribution is 7.89. The predicted octanol–water partition coefficient (Wildman–Crippen LogP) is 0.719. The van der Waals surface area contributed by atoms with Crippen molar-refractivity contribution in [1.29, 1.82) is 0 Å². The Morgan fingerprint density at radius 1 is 1.29 bits per heavy atom. The maximum atomic E-state index is 11.6. The van der Waals surface area contributed by atoms with Crippen molar-refractivity contribution >= 4 is 21.7 Å². The number of nitrogens with two attached hydrogens (primary N) is 1. The van der Waals surface area contributed by atoms with Crippen molar-refractivity contribution in [2.75, 3.05) is 31.7 Å². The fourth-order valence-electron chi connectivity index (χ4n) is 1.70. The summed E-state index contributed by atoms with van der Waals surface area (Å²) in [4.78, 5) is 10.7. The van der Waals surface area contributed by atoms with E-state index in [2.05, 4.69) is 10.6 Å². The molecule has 1 aromatic rings. The maximum Gasteiger partial charge on any atom is 0.316 e. The highest BCUT2D eigenvalue weighted by Gasteiger charge is 2.14. The first-order valence-corrected chi connectivity index (χ1v) is 8.13. The number of sulfonamides is 1. The summed E-state index contributed by atoms with van der Waals surface area (Å²) in [6, 6.07) is 6.59. The first kappa shape index (κ1) is 17.4. The quantitative estimate of drug-likeness (QED) is 0.689. The van der Waals surface area contributed by atoms with Crippen LogP contribution in [0.3, 0.4) is 0 Å². The number of rotatable bonds is 7. The number of hydrogen-bond donors (Lipinski definition) is 3. The van der Waals surface area contributed by atoms with E-state index in [0.717, 1.165) is 5.56 Å². The molecular formula is C13H22N4O3S. The third kappa shape index (κ3) is 5.70. The summed E-state index contributed by atoms with van der Waals surface area (Å²) in [6.45, 7) is 2.31. The smallest absolute Gasteiger partial charge is 0.316 e. The van der Waals surface area contributed by atoms with Gasteiger partial charge in [-0.15, -0.1) is 0 Å². The van der Waals surface area contributed by atoms with Gasteiger partial charge in [0.2, 0.25) is 10.0 Å². The van der Waals surface area contributed by atoms with Gasteiger partial charge >= 0.3 is 6.03 Å². The van der Waals surface area contributed by atoms with Gasteiger partial charge in [0, 0.05) is 32.4 Å². The van der Waals surface area contributed by atoms with Crippen molar-refractivity contribution in [2.24, 2.45) is 5.73 Å². The van der Waals surface area contributed by atoms with Crippen molar-refractivity contribution in [2.45, 2.75) is 13.0 Å². The van der Waals surface area contributed by atoms with Crippen LogP contribution in [0.5, 0.6) is 0 Å². The lowest BCUT2D eigenvalue weighted by Crippen LogP contribution is -2.32. The van der Waals surface area contributed by atoms with Crippen LogP contribution < -0.4 is 16.4 Å². The molecule has 1 rings (SSSR count). The summed E-state index contributed by atoms with van der Waals surface area (Å²) in [5.41, 5.74) is 6.64. The molecule has 1 atom stereocenters. The lowest BCUT2D eigenvalue weighted by atomic mass is 10.1. The molecule has 0 radical (unpaired) electrons. The molecule has 1 aromatic carbocycles. The van der Waals surface area contributed by atoms with Gasteiger partial charge in [0.15, 0.2) is 0 Å². The largest absolute Gasteiger partial charge is 0.351 e. The van der Waals surface area contributed by atoms with Crippen LogP contribution in [-0.4, -0.2) is 45.1 Å². The third-order valence-electron chi connectivity index (χ3n) is 3.05. The van der Waals surface area contributed by atoms with E-state index in [9.17, 15) is 13.2 Å². The number of hydrogen-bond acceptors (Lipinski definition) is 4. The first-order chi connectivity index (χ1) is 9.72. The number of amides is 2. The van der Waals surface area contributed by atoms with Crippen LogP contribution in [0.4, 0.5) is 10.5 Å². The fourth-order valence-corrected chi connectivity index (χ4v) is 2.44. The van der Waals surface area contributed by atoms with E-state index in [1.807, 2.05) is 19.1 Å². The Hall–Kier alpha value is -1.64. The zero-order valence-corrected chi connectivity index (χ0v) is 13.3. The van der Waals surface area contributed by atoms with E-state index in [-0.39, 0.29) is 11.8 Å². The summed E-state index contributed by atoms with van der Waals surface area (Å²) in [5, 5.41) is 5.63. The molecule has 0 aliphatic heterocycles. The fraction of sp³-hybridized carbons (Fsp3) is 0.462. The molecule has 0 aromatic heterocycles. The molecule has 0 fully saturated rings. The molecule has 21 heavy (non-hydrogen) atoms. The van der Waals surface area contributed by atoms with Gasteiger partial charge < -0.3 is 16.4 Å². The van der Waals surface area contributed by atoms with Crippen molar-refractivity contribution in [3.8, 4) is 0 Å². The summed E-state index contributed by atoms with van der Waals surface area (Å²) >= 11 is 0. The number of carbonyl (C=O) groups is 1. The number of urea groups is 1. The number of benzene rings is 1. The Labute approximate surface area is 125 Å². The summed E-state index contributed by atoms with van der Waals surface area (Å²) in [5.74, 6) is 0.0473. The van der Waals surface area contributed by atoms with Crippen LogP contribution in [-0.2, 0) is 10.0 Å². The Kier molecular flexibility index (Phi) is 6.13. The van der Waals surface area contributed by atoms with Gasteiger partial charge in [-0.05, 0) is 24.6 Å². The number of primary amides is 1. The van der Waals surface area contributed by atoms with Gasteiger partial charge in [0.1, 0.15) is 0 Å². The van der Waals surface area contributed by atoms with Crippen LogP contribution in [0.25, 0.3) is 0 Å². The molecule has 0 saturated heterocycles. The summed E-state index contributed by atoms with van der Waals surface area (Å²) in [7, 11) is -0.153. The van der Waals surface area contributed by atoms with Crippen molar-refractivity contribution in [1.82, 2.24) is 9.62 Å². The Morgan fingerprint density at radius 2 is 1.86 bits per heavy atom. The summed E-state index contributed by atoms with van der Waals surface area (Å²) < 4.78 is 24.5. The zero-order valence-electron chi connectivity index (χ0n) is 12.5. The van der Waals surface area contributed by atoms with E-state index in [4.69, 9.17) is 5.73 Å². The molecule has 118 valence electrons. The molecule has 0 heterocycles.